The normalized spacial score (nSPS) is 18.0. The van der Waals surface area contributed by atoms with E-state index >= 15 is 0 Å². The van der Waals surface area contributed by atoms with Crippen LogP contribution in [-0.4, -0.2) is 202 Å². The first kappa shape index (κ1) is 78.4. The lowest BCUT2D eigenvalue weighted by Gasteiger charge is -2.23. The molecule has 476 valence electrons. The summed E-state index contributed by atoms with van der Waals surface area (Å²) in [7, 11) is 0. The fraction of sp³-hybridized carbons (Fsp3) is 1.00. The molecule has 1 N–H and O–H groups in total. The van der Waals surface area contributed by atoms with Gasteiger partial charge in [0, 0.05) is 6.61 Å². The van der Waals surface area contributed by atoms with E-state index in [-0.39, 0.29) is 98.2 Å². The minimum Gasteiger partial charge on any atom is -0.394 e. The van der Waals surface area contributed by atoms with Gasteiger partial charge in [-0.3, -0.25) is 0 Å². The zero-order chi connectivity index (χ0) is 58.9. The maximum atomic E-state index is 9.09. The van der Waals surface area contributed by atoms with Gasteiger partial charge in [-0.05, 0) is 110 Å². The van der Waals surface area contributed by atoms with Crippen molar-refractivity contribution < 1.29 is 76.2 Å². The Kier molecular flexibility index (Phi) is 53.6. The summed E-state index contributed by atoms with van der Waals surface area (Å²) >= 11 is 0. The SMILES string of the molecule is CCCCCCCCCCCCCCCCCCOC(C)COC(C)COC(C)COC(C)COC(C)COC(C)COC(C)COC(C)COC(C)COC(C)COC(C)COC(C)COC(C)COC(C)COC(C)CO. The fourth-order valence-corrected chi connectivity index (χ4v) is 7.86. The van der Waals surface area contributed by atoms with Gasteiger partial charge in [0.2, 0.25) is 0 Å². The molecular formula is C63H128O16. The number of hydrogen-bond acceptors (Lipinski definition) is 16. The maximum absolute atomic E-state index is 9.09. The van der Waals surface area contributed by atoms with Crippen molar-refractivity contribution in [3.05, 3.63) is 0 Å². The highest BCUT2D eigenvalue weighted by Crippen LogP contribution is 2.15. The monoisotopic (exact) mass is 1140 g/mol. The molecule has 0 spiro atoms. The van der Waals surface area contributed by atoms with Crippen LogP contribution < -0.4 is 0 Å². The Morgan fingerprint density at radius 1 is 0.190 bits per heavy atom. The van der Waals surface area contributed by atoms with E-state index < -0.39 is 0 Å². The van der Waals surface area contributed by atoms with E-state index in [0.717, 1.165) is 13.0 Å². The molecule has 0 aromatic carbocycles. The lowest BCUT2D eigenvalue weighted by molar-refractivity contribution is -0.116. The second-order valence-corrected chi connectivity index (χ2v) is 23.2. The predicted molar refractivity (Wildman–Crippen MR) is 318 cm³/mol. The van der Waals surface area contributed by atoms with Crippen molar-refractivity contribution in [1.82, 2.24) is 0 Å². The zero-order valence-electron chi connectivity index (χ0n) is 53.9. The molecule has 0 aliphatic heterocycles. The average Bonchev–Trinajstić information content (AvgIpc) is 3.43. The number of aliphatic hydroxyl groups is 1. The highest BCUT2D eigenvalue weighted by atomic mass is 16.6. The molecule has 16 nitrogen and oxygen atoms in total. The van der Waals surface area contributed by atoms with Gasteiger partial charge in [0.15, 0.2) is 0 Å². The summed E-state index contributed by atoms with van der Waals surface area (Å²) in [4.78, 5) is 0. The third kappa shape index (κ3) is 53.8. The van der Waals surface area contributed by atoms with Crippen LogP contribution in [0.25, 0.3) is 0 Å². The summed E-state index contributed by atoms with van der Waals surface area (Å²) in [6.45, 7) is 39.4. The summed E-state index contributed by atoms with van der Waals surface area (Å²) in [5.74, 6) is 0. The molecule has 0 aliphatic carbocycles. The van der Waals surface area contributed by atoms with Crippen LogP contribution in [0, 0.1) is 0 Å². The molecule has 0 aromatic heterocycles. The molecule has 15 atom stereocenters. The van der Waals surface area contributed by atoms with Crippen molar-refractivity contribution in [1.29, 1.82) is 0 Å². The van der Waals surface area contributed by atoms with Gasteiger partial charge < -0.3 is 76.2 Å². The number of rotatable bonds is 61. The van der Waals surface area contributed by atoms with Crippen molar-refractivity contribution in [2.75, 3.05) is 106 Å². The van der Waals surface area contributed by atoms with Crippen LogP contribution in [0.4, 0.5) is 0 Å². The number of hydrogen-bond donors (Lipinski definition) is 1. The van der Waals surface area contributed by atoms with Gasteiger partial charge in [-0.1, -0.05) is 103 Å². The topological polar surface area (TPSA) is 159 Å². The smallest absolute Gasteiger partial charge is 0.0781 e. The third-order valence-electron chi connectivity index (χ3n) is 13.3. The Hall–Kier alpha value is -0.640. The Balaban J connectivity index is 3.89. The van der Waals surface area contributed by atoms with Crippen LogP contribution in [0.3, 0.4) is 0 Å². The van der Waals surface area contributed by atoms with Crippen LogP contribution in [0.15, 0.2) is 0 Å². The molecular weight excluding hydrogens is 1010 g/mol. The van der Waals surface area contributed by atoms with Crippen molar-refractivity contribution in [2.45, 2.75) is 305 Å². The zero-order valence-corrected chi connectivity index (χ0v) is 53.9. The summed E-state index contributed by atoms with van der Waals surface area (Å²) < 4.78 is 89.3. The average molecular weight is 1140 g/mol. The van der Waals surface area contributed by atoms with Crippen LogP contribution in [0.1, 0.15) is 214 Å². The van der Waals surface area contributed by atoms with Gasteiger partial charge in [-0.15, -0.1) is 0 Å². The van der Waals surface area contributed by atoms with Crippen molar-refractivity contribution >= 4 is 0 Å². The quantitative estimate of drug-likeness (QED) is 0.0573. The van der Waals surface area contributed by atoms with Crippen molar-refractivity contribution in [3.63, 3.8) is 0 Å². The van der Waals surface area contributed by atoms with Gasteiger partial charge in [0.25, 0.3) is 0 Å². The van der Waals surface area contributed by atoms with E-state index in [4.69, 9.17) is 76.2 Å². The van der Waals surface area contributed by atoms with Crippen molar-refractivity contribution in [3.8, 4) is 0 Å². The number of unbranched alkanes of at least 4 members (excludes halogenated alkanes) is 15. The summed E-state index contributed by atoms with van der Waals surface area (Å²) in [5, 5.41) is 9.09. The Morgan fingerprint density at radius 2 is 0.329 bits per heavy atom. The lowest BCUT2D eigenvalue weighted by atomic mass is 10.0. The Bertz CT molecular complexity index is 1260. The van der Waals surface area contributed by atoms with Crippen molar-refractivity contribution in [2.24, 2.45) is 0 Å². The van der Waals surface area contributed by atoms with Gasteiger partial charge in [0.05, 0.1) is 191 Å². The van der Waals surface area contributed by atoms with Crippen LogP contribution in [0.2, 0.25) is 0 Å². The molecule has 79 heavy (non-hydrogen) atoms. The Labute approximate surface area is 485 Å². The second kappa shape index (κ2) is 54.0. The van der Waals surface area contributed by atoms with E-state index in [2.05, 4.69) is 13.8 Å². The molecule has 0 bridgehead atoms. The maximum Gasteiger partial charge on any atom is 0.0781 e. The minimum atomic E-state index is -0.201. The molecule has 0 amide bonds. The van der Waals surface area contributed by atoms with E-state index in [1.165, 1.54) is 96.3 Å². The number of ether oxygens (including phenoxy) is 15. The largest absolute Gasteiger partial charge is 0.394 e. The number of aliphatic hydroxyl groups excluding tert-OH is 1. The highest BCUT2D eigenvalue weighted by molar-refractivity contribution is 4.63. The minimum absolute atomic E-state index is 0.00862. The third-order valence-corrected chi connectivity index (χ3v) is 13.3. The molecule has 0 rings (SSSR count). The van der Waals surface area contributed by atoms with E-state index in [0.29, 0.717) is 92.5 Å². The van der Waals surface area contributed by atoms with Crippen LogP contribution in [-0.2, 0) is 71.1 Å². The molecule has 0 saturated heterocycles. The summed E-state index contributed by atoms with van der Waals surface area (Å²) in [6.07, 6.45) is 20.8. The van der Waals surface area contributed by atoms with E-state index in [9.17, 15) is 0 Å². The molecule has 0 heterocycles. The van der Waals surface area contributed by atoms with Gasteiger partial charge >= 0.3 is 0 Å². The van der Waals surface area contributed by atoms with Gasteiger partial charge in [-0.25, -0.2) is 0 Å². The predicted octanol–water partition coefficient (Wildman–Crippen LogP) is 12.3. The molecule has 15 unspecified atom stereocenters. The molecule has 0 aromatic rings. The highest BCUT2D eigenvalue weighted by Gasteiger charge is 2.18. The van der Waals surface area contributed by atoms with E-state index in [1.807, 2.05) is 96.9 Å². The first-order valence-electron chi connectivity index (χ1n) is 31.7. The summed E-state index contributed by atoms with van der Waals surface area (Å²) in [5.41, 5.74) is 0. The Morgan fingerprint density at radius 3 is 0.494 bits per heavy atom. The summed E-state index contributed by atoms with van der Waals surface area (Å²) in [6, 6.07) is 0. The first-order valence-corrected chi connectivity index (χ1v) is 31.7. The molecule has 0 saturated carbocycles. The van der Waals surface area contributed by atoms with E-state index in [1.54, 1.807) is 0 Å². The molecule has 0 fully saturated rings. The molecule has 0 aliphatic rings. The first-order chi connectivity index (χ1) is 37.8. The molecule has 16 heteroatoms. The second-order valence-electron chi connectivity index (χ2n) is 23.2. The van der Waals surface area contributed by atoms with Crippen LogP contribution >= 0.6 is 0 Å². The fourth-order valence-electron chi connectivity index (χ4n) is 7.86. The lowest BCUT2D eigenvalue weighted by Crippen LogP contribution is -2.31. The van der Waals surface area contributed by atoms with Gasteiger partial charge in [-0.2, -0.15) is 0 Å². The van der Waals surface area contributed by atoms with Crippen LogP contribution in [0.5, 0.6) is 0 Å². The standard InChI is InChI=1S/C63H128O16/c1-17-18-19-20-21-22-23-24-25-26-27-28-29-30-31-32-33-65-50(3)35-67-52(5)37-69-54(7)39-71-56(9)41-73-58(11)43-75-60(13)45-77-62(15)47-79-63(16)48-78-61(14)46-76-59(12)44-74-57(10)42-72-55(8)40-70-53(6)38-68-51(4)36-66-49(2)34-64/h49-64H,17-48H2,1-16H3. The molecule has 0 radical (unpaired) electrons. The van der Waals surface area contributed by atoms with Gasteiger partial charge in [0.1, 0.15) is 0 Å².